The van der Waals surface area contributed by atoms with Gasteiger partial charge in [0.25, 0.3) is 0 Å². The first kappa shape index (κ1) is 44.1. The van der Waals surface area contributed by atoms with Crippen molar-refractivity contribution in [1.29, 1.82) is 0 Å². The maximum absolute atomic E-state index is 11.1. The van der Waals surface area contributed by atoms with Gasteiger partial charge >= 0.3 is 0 Å². The Morgan fingerprint density at radius 1 is 0.389 bits per heavy atom. The molecule has 0 aliphatic carbocycles. The van der Waals surface area contributed by atoms with Crippen molar-refractivity contribution in [1.82, 2.24) is 0 Å². The topological polar surface area (TPSA) is 387 Å². The SMILES string of the molecule is C[C@H]1O[C@H](O[C@H]2[C@H](O)[C@@H](CO)O[C@H](O)[C@H]2O[C@H]2O[C@H](CO)[C@H](O[C@@H]3O[C@H](CO)[C@@H](O[C@@H]4O[C@H](CO)[C@@H](O)[C@H](O)[C@H]4O)[C@H](O)[C@H]3O)[C@H](O)[C@H]2O)[C@H](O)C[C@H]1O. The minimum atomic E-state index is -2.09. The number of rotatable bonds is 12. The average molecular weight is 797 g/mol. The molecule has 5 heterocycles. The van der Waals surface area contributed by atoms with E-state index in [1.807, 2.05) is 0 Å². The summed E-state index contributed by atoms with van der Waals surface area (Å²) in [4.78, 5) is 0. The van der Waals surface area contributed by atoms with Gasteiger partial charge in [-0.2, -0.15) is 0 Å². The van der Waals surface area contributed by atoms with Crippen molar-refractivity contribution in [2.24, 2.45) is 0 Å². The Kier molecular flexibility index (Phi) is 15.3. The summed E-state index contributed by atoms with van der Waals surface area (Å²) in [5, 5.41) is 156. The van der Waals surface area contributed by atoms with Crippen molar-refractivity contribution in [3.8, 4) is 0 Å². The van der Waals surface area contributed by atoms with E-state index in [4.69, 9.17) is 42.6 Å². The predicted octanol–water partition coefficient (Wildman–Crippen LogP) is -9.87. The van der Waals surface area contributed by atoms with Crippen molar-refractivity contribution >= 4 is 0 Å². The number of ether oxygens (including phenoxy) is 9. The largest absolute Gasteiger partial charge is 0.394 e. The van der Waals surface area contributed by atoms with Crippen LogP contribution in [0.15, 0.2) is 0 Å². The molecule has 54 heavy (non-hydrogen) atoms. The second-order valence-electron chi connectivity index (χ2n) is 13.8. The van der Waals surface area contributed by atoms with Crippen molar-refractivity contribution in [3.63, 3.8) is 0 Å². The van der Waals surface area contributed by atoms with Gasteiger partial charge in [-0.05, 0) is 6.92 Å². The molecule has 5 rings (SSSR count). The Hall–Kier alpha value is -0.960. The molecule has 24 atom stereocenters. The van der Waals surface area contributed by atoms with Gasteiger partial charge in [-0.3, -0.25) is 0 Å². The van der Waals surface area contributed by atoms with Gasteiger partial charge in [0.15, 0.2) is 31.5 Å². The molecule has 0 bridgehead atoms. The Labute approximate surface area is 306 Å². The molecule has 0 amide bonds. The van der Waals surface area contributed by atoms with Gasteiger partial charge in [-0.25, -0.2) is 0 Å². The summed E-state index contributed by atoms with van der Waals surface area (Å²) >= 11 is 0. The predicted molar refractivity (Wildman–Crippen MR) is 164 cm³/mol. The molecule has 24 heteroatoms. The molecule has 5 aliphatic heterocycles. The van der Waals surface area contributed by atoms with Gasteiger partial charge in [-0.15, -0.1) is 0 Å². The summed E-state index contributed by atoms with van der Waals surface area (Å²) in [6.45, 7) is -1.98. The number of hydrogen-bond acceptors (Lipinski definition) is 24. The van der Waals surface area contributed by atoms with Crippen LogP contribution in [0.2, 0.25) is 0 Å². The van der Waals surface area contributed by atoms with E-state index in [0.29, 0.717) is 0 Å². The van der Waals surface area contributed by atoms with Crippen molar-refractivity contribution < 1.29 is 119 Å². The van der Waals surface area contributed by atoms with Gasteiger partial charge in [0.1, 0.15) is 104 Å². The van der Waals surface area contributed by atoms with Crippen LogP contribution in [0.4, 0.5) is 0 Å². The molecular formula is C30H52O24. The zero-order valence-corrected chi connectivity index (χ0v) is 28.8. The Balaban J connectivity index is 1.26. The maximum Gasteiger partial charge on any atom is 0.187 e. The van der Waals surface area contributed by atoms with E-state index in [1.54, 1.807) is 0 Å². The van der Waals surface area contributed by atoms with Crippen molar-refractivity contribution in [3.05, 3.63) is 0 Å². The van der Waals surface area contributed by atoms with E-state index >= 15 is 0 Å². The van der Waals surface area contributed by atoms with E-state index < -0.39 is 174 Å². The van der Waals surface area contributed by atoms with Crippen molar-refractivity contribution in [2.75, 3.05) is 26.4 Å². The van der Waals surface area contributed by atoms with E-state index in [0.717, 1.165) is 0 Å². The van der Waals surface area contributed by atoms with Crippen LogP contribution >= 0.6 is 0 Å². The molecule has 5 saturated heterocycles. The highest BCUT2D eigenvalue weighted by Crippen LogP contribution is 2.35. The highest BCUT2D eigenvalue weighted by molar-refractivity contribution is 4.98. The molecule has 0 aromatic rings. The van der Waals surface area contributed by atoms with Crippen LogP contribution in [0.3, 0.4) is 0 Å². The first-order valence-electron chi connectivity index (χ1n) is 17.4. The van der Waals surface area contributed by atoms with Crippen LogP contribution < -0.4 is 0 Å². The third kappa shape index (κ3) is 9.02. The number of aliphatic hydroxyl groups excluding tert-OH is 15. The molecule has 5 aliphatic rings. The normalized spacial score (nSPS) is 53.3. The summed E-state index contributed by atoms with van der Waals surface area (Å²) in [6, 6.07) is 0. The van der Waals surface area contributed by atoms with Crippen LogP contribution in [0.1, 0.15) is 13.3 Å². The highest BCUT2D eigenvalue weighted by atomic mass is 16.8. The lowest BCUT2D eigenvalue weighted by atomic mass is 9.95. The molecule has 0 saturated carbocycles. The highest BCUT2D eigenvalue weighted by Gasteiger charge is 2.56. The van der Waals surface area contributed by atoms with Crippen LogP contribution in [0, 0.1) is 0 Å². The molecule has 0 unspecified atom stereocenters. The van der Waals surface area contributed by atoms with Gasteiger partial charge < -0.3 is 119 Å². The quantitative estimate of drug-likeness (QED) is 0.0871. The maximum atomic E-state index is 11.1. The average Bonchev–Trinajstić information content (AvgIpc) is 3.15. The molecule has 316 valence electrons. The summed E-state index contributed by atoms with van der Waals surface area (Å²) in [6.07, 6.45) is -40.9. The van der Waals surface area contributed by atoms with E-state index in [9.17, 15) is 76.6 Å². The molecule has 15 N–H and O–H groups in total. The minimum absolute atomic E-state index is 0.180. The second-order valence-corrected chi connectivity index (χ2v) is 13.8. The van der Waals surface area contributed by atoms with E-state index in [-0.39, 0.29) is 6.42 Å². The fraction of sp³-hybridized carbons (Fsp3) is 1.00. The second kappa shape index (κ2) is 18.7. The van der Waals surface area contributed by atoms with Crippen LogP contribution in [0.25, 0.3) is 0 Å². The monoisotopic (exact) mass is 796 g/mol. The zero-order valence-electron chi connectivity index (χ0n) is 28.8. The fourth-order valence-corrected chi connectivity index (χ4v) is 6.89. The van der Waals surface area contributed by atoms with Gasteiger partial charge in [0.2, 0.25) is 0 Å². The van der Waals surface area contributed by atoms with Gasteiger partial charge in [-0.1, -0.05) is 0 Å². The molecule has 0 radical (unpaired) electrons. The first-order chi connectivity index (χ1) is 25.6. The summed E-state index contributed by atoms with van der Waals surface area (Å²) in [5.41, 5.74) is 0. The molecule has 0 aromatic carbocycles. The van der Waals surface area contributed by atoms with E-state index in [2.05, 4.69) is 0 Å². The first-order valence-corrected chi connectivity index (χ1v) is 17.4. The smallest absolute Gasteiger partial charge is 0.187 e. The molecule has 5 fully saturated rings. The standard InChI is InChI=1S/C30H52O24/c1-7-8(35)2-9(36)27(46-7)53-24-15(38)11(4-32)47-26(45)25(24)54-30-21(44)18(41)23(13(6-34)50-30)52-29-20(43)17(40)22(12(5-33)49-29)51-28-19(42)16(39)14(37)10(3-31)48-28/h7-45H,2-6H2,1H3/t7-,8-,9-,10-,11-,12-,13-,14-,15-,16+,17-,18-,19-,20-,21-,22-,23+,24+,25+,26+,27-,28+,29+,30-/m1/s1. The molecule has 24 nitrogen and oxygen atoms in total. The Morgan fingerprint density at radius 3 is 1.28 bits per heavy atom. The summed E-state index contributed by atoms with van der Waals surface area (Å²) in [5.74, 6) is 0. The minimum Gasteiger partial charge on any atom is -0.394 e. The molecular weight excluding hydrogens is 744 g/mol. The van der Waals surface area contributed by atoms with E-state index in [1.165, 1.54) is 6.92 Å². The fourth-order valence-electron chi connectivity index (χ4n) is 6.89. The third-order valence-electron chi connectivity index (χ3n) is 10.2. The lowest BCUT2D eigenvalue weighted by Crippen LogP contribution is -2.67. The summed E-state index contributed by atoms with van der Waals surface area (Å²) in [7, 11) is 0. The lowest BCUT2D eigenvalue weighted by molar-refractivity contribution is -0.397. The van der Waals surface area contributed by atoms with Crippen molar-refractivity contribution in [2.45, 2.75) is 161 Å². The van der Waals surface area contributed by atoms with Gasteiger partial charge in [0.05, 0.1) is 38.6 Å². The Bertz CT molecular complexity index is 1150. The van der Waals surface area contributed by atoms with Gasteiger partial charge in [0, 0.05) is 6.42 Å². The van der Waals surface area contributed by atoms with Crippen LogP contribution in [-0.4, -0.2) is 250 Å². The van der Waals surface area contributed by atoms with Crippen LogP contribution in [-0.2, 0) is 42.6 Å². The molecule has 0 aromatic heterocycles. The summed E-state index contributed by atoms with van der Waals surface area (Å²) < 4.78 is 49.8. The number of aliphatic hydroxyl groups is 15. The molecule has 0 spiro atoms. The lowest BCUT2D eigenvalue weighted by Gasteiger charge is -2.49. The third-order valence-corrected chi connectivity index (χ3v) is 10.2. The zero-order chi connectivity index (χ0) is 39.8. The van der Waals surface area contributed by atoms with Crippen LogP contribution in [0.5, 0.6) is 0 Å². The Morgan fingerprint density at radius 2 is 0.796 bits per heavy atom. The number of hydrogen-bond donors (Lipinski definition) is 15.